The number of nitrogen functional groups attached to an aromatic ring is 1. The van der Waals surface area contributed by atoms with Gasteiger partial charge in [-0.2, -0.15) is 5.26 Å². The summed E-state index contributed by atoms with van der Waals surface area (Å²) in [5, 5.41) is 9.07. The van der Waals surface area contributed by atoms with E-state index in [1.54, 1.807) is 6.07 Å². The van der Waals surface area contributed by atoms with Crippen LogP contribution in [0.15, 0.2) is 12.1 Å². The van der Waals surface area contributed by atoms with Crippen LogP contribution in [0.25, 0.3) is 0 Å². The molecule has 1 aromatic carbocycles. The molecular weight excluding hydrogens is 226 g/mol. The summed E-state index contributed by atoms with van der Waals surface area (Å²) in [7, 11) is 0. The van der Waals surface area contributed by atoms with Crippen LogP contribution in [-0.4, -0.2) is 19.7 Å². The van der Waals surface area contributed by atoms with Crippen molar-refractivity contribution in [2.75, 3.05) is 30.3 Å². The fourth-order valence-corrected chi connectivity index (χ4v) is 2.83. The molecule has 2 aliphatic heterocycles. The highest BCUT2D eigenvalue weighted by Gasteiger charge is 2.31. The molecule has 0 aliphatic carbocycles. The molecule has 18 heavy (non-hydrogen) atoms. The van der Waals surface area contributed by atoms with E-state index >= 15 is 0 Å². The predicted molar refractivity (Wildman–Crippen MR) is 70.5 cm³/mol. The molecule has 2 bridgehead atoms. The zero-order valence-corrected chi connectivity index (χ0v) is 10.5. The number of hydrogen-bond donors (Lipinski definition) is 1. The van der Waals surface area contributed by atoms with Crippen molar-refractivity contribution in [3.8, 4) is 11.8 Å². The fourth-order valence-electron chi connectivity index (χ4n) is 2.83. The summed E-state index contributed by atoms with van der Waals surface area (Å²) >= 11 is 0. The lowest BCUT2D eigenvalue weighted by atomic mass is 9.88. The largest absolute Gasteiger partial charge is 0.491 e. The van der Waals surface area contributed by atoms with Crippen LogP contribution >= 0.6 is 0 Å². The maximum Gasteiger partial charge on any atom is 0.144 e. The van der Waals surface area contributed by atoms with Crippen molar-refractivity contribution in [3.63, 3.8) is 0 Å². The zero-order chi connectivity index (χ0) is 12.7. The predicted octanol–water partition coefficient (Wildman–Crippen LogP) is 2.00. The summed E-state index contributed by atoms with van der Waals surface area (Å²) in [6, 6.07) is 5.80. The van der Waals surface area contributed by atoms with Crippen molar-refractivity contribution in [1.29, 1.82) is 5.26 Å². The highest BCUT2D eigenvalue weighted by molar-refractivity contribution is 5.70. The van der Waals surface area contributed by atoms with Gasteiger partial charge in [0.2, 0.25) is 0 Å². The first kappa shape index (κ1) is 11.2. The Morgan fingerprint density at radius 1 is 1.50 bits per heavy atom. The Hall–Kier alpha value is -1.89. The van der Waals surface area contributed by atoms with E-state index < -0.39 is 0 Å². The standard InChI is InChI=1S/C14H17N3O/c1-9-2-3-17-7-11(9)8-18-14-5-12(16)10(6-15)4-13(14)17/h4-5,9,11H,2-3,7-8,16H2,1H3/t9?,11-/m0/s1. The highest BCUT2D eigenvalue weighted by atomic mass is 16.5. The molecule has 1 unspecified atom stereocenters. The quantitative estimate of drug-likeness (QED) is 0.708. The summed E-state index contributed by atoms with van der Waals surface area (Å²) in [4.78, 5) is 2.33. The van der Waals surface area contributed by atoms with Gasteiger partial charge in [0.25, 0.3) is 0 Å². The molecule has 2 N–H and O–H groups in total. The lowest BCUT2D eigenvalue weighted by Gasteiger charge is -2.35. The van der Waals surface area contributed by atoms with Gasteiger partial charge in [-0.15, -0.1) is 0 Å². The number of nitrogens with two attached hydrogens (primary N) is 1. The van der Waals surface area contributed by atoms with E-state index in [0.717, 1.165) is 31.1 Å². The number of ether oxygens (including phenoxy) is 1. The number of benzene rings is 1. The third-order valence-electron chi connectivity index (χ3n) is 4.16. The third kappa shape index (κ3) is 1.67. The summed E-state index contributed by atoms with van der Waals surface area (Å²) in [5.41, 5.74) is 7.91. The molecule has 2 atom stereocenters. The van der Waals surface area contributed by atoms with Crippen LogP contribution in [-0.2, 0) is 0 Å². The number of nitrogens with zero attached hydrogens (tertiary/aromatic N) is 2. The Morgan fingerprint density at radius 2 is 2.33 bits per heavy atom. The molecule has 4 heteroatoms. The molecule has 4 nitrogen and oxygen atoms in total. The number of piperidine rings is 1. The van der Waals surface area contributed by atoms with Crippen LogP contribution < -0.4 is 15.4 Å². The van der Waals surface area contributed by atoms with Gasteiger partial charge in [0, 0.05) is 25.1 Å². The molecular formula is C14H17N3O. The first-order valence-electron chi connectivity index (χ1n) is 6.40. The number of fused-ring (bicyclic) bond motifs is 4. The first-order valence-corrected chi connectivity index (χ1v) is 6.40. The normalized spacial score (nSPS) is 25.7. The average molecular weight is 243 g/mol. The minimum atomic E-state index is 0.502. The summed E-state index contributed by atoms with van der Waals surface area (Å²) < 4.78 is 5.88. The minimum Gasteiger partial charge on any atom is -0.491 e. The van der Waals surface area contributed by atoms with Gasteiger partial charge in [-0.1, -0.05) is 6.92 Å². The Labute approximate surface area is 107 Å². The Bertz CT molecular complexity index is 521. The fraction of sp³-hybridized carbons (Fsp3) is 0.500. The molecule has 2 aliphatic rings. The van der Waals surface area contributed by atoms with E-state index in [1.165, 1.54) is 6.42 Å². The second-order valence-corrected chi connectivity index (χ2v) is 5.30. The number of rotatable bonds is 0. The van der Waals surface area contributed by atoms with Gasteiger partial charge in [0.15, 0.2) is 0 Å². The van der Waals surface area contributed by atoms with Crippen molar-refractivity contribution in [2.24, 2.45) is 11.8 Å². The van der Waals surface area contributed by atoms with Crippen LogP contribution in [0.4, 0.5) is 11.4 Å². The van der Waals surface area contributed by atoms with E-state index in [1.807, 2.05) is 6.07 Å². The van der Waals surface area contributed by atoms with Gasteiger partial charge in [0.1, 0.15) is 11.8 Å². The smallest absolute Gasteiger partial charge is 0.144 e. The SMILES string of the molecule is CC1CCN2C[C@H]1COc1cc(N)c(C#N)cc12. The monoisotopic (exact) mass is 243 g/mol. The van der Waals surface area contributed by atoms with Gasteiger partial charge in [-0.3, -0.25) is 0 Å². The van der Waals surface area contributed by atoms with Crippen LogP contribution in [0.3, 0.4) is 0 Å². The lowest BCUT2D eigenvalue weighted by Crippen LogP contribution is -2.40. The molecule has 0 radical (unpaired) electrons. The van der Waals surface area contributed by atoms with Gasteiger partial charge in [-0.05, 0) is 18.4 Å². The van der Waals surface area contributed by atoms with Crippen molar-refractivity contribution in [3.05, 3.63) is 17.7 Å². The molecule has 0 amide bonds. The van der Waals surface area contributed by atoms with Crippen LogP contribution in [0.2, 0.25) is 0 Å². The summed E-state index contributed by atoms with van der Waals surface area (Å²) in [6.07, 6.45) is 1.18. The molecule has 94 valence electrons. The van der Waals surface area contributed by atoms with Crippen molar-refractivity contribution >= 4 is 11.4 Å². The third-order valence-corrected chi connectivity index (χ3v) is 4.16. The average Bonchev–Trinajstić information content (AvgIpc) is 2.51. The second kappa shape index (κ2) is 4.09. The van der Waals surface area contributed by atoms with E-state index in [2.05, 4.69) is 17.9 Å². The molecule has 0 aromatic heterocycles. The Balaban J connectivity index is 2.05. The van der Waals surface area contributed by atoms with Crippen LogP contribution in [0, 0.1) is 23.2 Å². The number of hydrogen-bond acceptors (Lipinski definition) is 4. The molecule has 1 saturated heterocycles. The molecule has 0 spiro atoms. The van der Waals surface area contributed by atoms with Gasteiger partial charge >= 0.3 is 0 Å². The maximum atomic E-state index is 9.07. The molecule has 3 rings (SSSR count). The number of nitriles is 1. The van der Waals surface area contributed by atoms with E-state index in [4.69, 9.17) is 15.7 Å². The topological polar surface area (TPSA) is 62.3 Å². The van der Waals surface area contributed by atoms with Gasteiger partial charge in [0.05, 0.1) is 23.5 Å². The minimum absolute atomic E-state index is 0.502. The van der Waals surface area contributed by atoms with E-state index in [0.29, 0.717) is 23.1 Å². The molecule has 2 heterocycles. The van der Waals surface area contributed by atoms with E-state index in [9.17, 15) is 0 Å². The van der Waals surface area contributed by atoms with Crippen LogP contribution in [0.1, 0.15) is 18.9 Å². The number of anilines is 2. The first-order chi connectivity index (χ1) is 8.69. The van der Waals surface area contributed by atoms with Crippen molar-refractivity contribution in [1.82, 2.24) is 0 Å². The van der Waals surface area contributed by atoms with Crippen molar-refractivity contribution in [2.45, 2.75) is 13.3 Å². The van der Waals surface area contributed by atoms with Gasteiger partial charge in [-0.25, -0.2) is 0 Å². The van der Waals surface area contributed by atoms with Crippen molar-refractivity contribution < 1.29 is 4.74 Å². The zero-order valence-electron chi connectivity index (χ0n) is 10.5. The second-order valence-electron chi connectivity index (χ2n) is 5.30. The Kier molecular flexibility index (Phi) is 2.55. The Morgan fingerprint density at radius 3 is 3.11 bits per heavy atom. The molecule has 1 aromatic rings. The maximum absolute atomic E-state index is 9.07. The van der Waals surface area contributed by atoms with Gasteiger partial charge < -0.3 is 15.4 Å². The molecule has 1 fully saturated rings. The highest BCUT2D eigenvalue weighted by Crippen LogP contribution is 2.39. The molecule has 0 saturated carbocycles. The summed E-state index contributed by atoms with van der Waals surface area (Å²) in [6.45, 7) is 5.08. The van der Waals surface area contributed by atoms with Crippen LogP contribution in [0.5, 0.6) is 5.75 Å². The summed E-state index contributed by atoms with van der Waals surface area (Å²) in [5.74, 6) is 2.09. The van der Waals surface area contributed by atoms with E-state index in [-0.39, 0.29) is 0 Å². The lowest BCUT2D eigenvalue weighted by molar-refractivity contribution is 0.196.